The van der Waals surface area contributed by atoms with Crippen LogP contribution < -0.4 is 0 Å². The minimum absolute atomic E-state index is 0.324. The Morgan fingerprint density at radius 1 is 0.737 bits per heavy atom. The van der Waals surface area contributed by atoms with Crippen LogP contribution in [0.15, 0.2) is 95.7 Å². The molecule has 2 heteroatoms. The van der Waals surface area contributed by atoms with Gasteiger partial charge in [0.15, 0.2) is 0 Å². The Morgan fingerprint density at radius 2 is 1.32 bits per heavy atom. The van der Waals surface area contributed by atoms with Crippen molar-refractivity contribution in [3.63, 3.8) is 0 Å². The van der Waals surface area contributed by atoms with Gasteiger partial charge in [0, 0.05) is 0 Å². The molecule has 0 aliphatic heterocycles. The van der Waals surface area contributed by atoms with Crippen LogP contribution >= 0.6 is 0 Å². The van der Waals surface area contributed by atoms with Crippen LogP contribution in [-0.2, 0) is 4.79 Å². The van der Waals surface area contributed by atoms with E-state index in [9.17, 15) is 4.79 Å². The molecule has 0 amide bonds. The van der Waals surface area contributed by atoms with Crippen LogP contribution in [0.3, 0.4) is 0 Å². The number of rotatable bonds is 1. The number of allylic oxidation sites excluding steroid dienone is 14. The predicted octanol–water partition coefficient (Wildman–Crippen LogP) is 3.66. The van der Waals surface area contributed by atoms with E-state index in [1.54, 1.807) is 6.08 Å². The lowest BCUT2D eigenvalue weighted by molar-refractivity contribution is -0.132. The molecular formula is C17H14O2. The summed E-state index contributed by atoms with van der Waals surface area (Å²) in [5.74, 6) is -0.906. The normalized spacial score (nSPS) is 26.2. The molecule has 0 fully saturated rings. The highest BCUT2D eigenvalue weighted by molar-refractivity contribution is 5.95. The monoisotopic (exact) mass is 250 g/mol. The van der Waals surface area contributed by atoms with Crippen molar-refractivity contribution in [1.82, 2.24) is 0 Å². The van der Waals surface area contributed by atoms with Gasteiger partial charge in [-0.05, 0) is 17.2 Å². The molecule has 0 aromatic heterocycles. The van der Waals surface area contributed by atoms with E-state index in [1.807, 2.05) is 72.9 Å². The van der Waals surface area contributed by atoms with E-state index in [1.165, 1.54) is 0 Å². The third-order valence-corrected chi connectivity index (χ3v) is 2.69. The summed E-state index contributed by atoms with van der Waals surface area (Å²) in [7, 11) is 0. The molecule has 0 bridgehead atoms. The van der Waals surface area contributed by atoms with E-state index in [0.29, 0.717) is 5.57 Å². The molecule has 19 heavy (non-hydrogen) atoms. The van der Waals surface area contributed by atoms with Gasteiger partial charge in [0.1, 0.15) is 0 Å². The second-order valence-corrected chi connectivity index (χ2v) is 3.99. The Hall–Kier alpha value is -2.61. The average molecular weight is 250 g/mol. The fourth-order valence-corrected chi connectivity index (χ4v) is 1.79. The maximum Gasteiger partial charge on any atom is 0.336 e. The highest BCUT2D eigenvalue weighted by Crippen LogP contribution is 2.26. The van der Waals surface area contributed by atoms with Crippen molar-refractivity contribution in [3.05, 3.63) is 95.7 Å². The number of carboxylic acids is 1. The fraction of sp³-hybridized carbons (Fsp3) is 0. The van der Waals surface area contributed by atoms with Gasteiger partial charge in [-0.3, -0.25) is 0 Å². The van der Waals surface area contributed by atoms with Crippen LogP contribution in [0.25, 0.3) is 0 Å². The molecule has 0 saturated heterocycles. The van der Waals surface area contributed by atoms with Gasteiger partial charge in [-0.15, -0.1) is 0 Å². The maximum absolute atomic E-state index is 11.2. The van der Waals surface area contributed by atoms with E-state index in [2.05, 4.69) is 0 Å². The van der Waals surface area contributed by atoms with Crippen molar-refractivity contribution in [2.75, 3.05) is 0 Å². The predicted molar refractivity (Wildman–Crippen MR) is 77.6 cm³/mol. The lowest BCUT2D eigenvalue weighted by Gasteiger charge is -1.99. The van der Waals surface area contributed by atoms with Gasteiger partial charge >= 0.3 is 5.97 Å². The zero-order chi connectivity index (χ0) is 13.5. The lowest BCUT2D eigenvalue weighted by Crippen LogP contribution is -1.98. The minimum Gasteiger partial charge on any atom is -0.478 e. The summed E-state index contributed by atoms with van der Waals surface area (Å²) < 4.78 is 0. The van der Waals surface area contributed by atoms with Crippen molar-refractivity contribution in [3.8, 4) is 0 Å². The van der Waals surface area contributed by atoms with E-state index in [-0.39, 0.29) is 0 Å². The third kappa shape index (κ3) is 3.42. The largest absolute Gasteiger partial charge is 0.478 e. The molecule has 2 nitrogen and oxygen atoms in total. The molecule has 0 aromatic rings. The highest BCUT2D eigenvalue weighted by atomic mass is 16.4. The van der Waals surface area contributed by atoms with E-state index < -0.39 is 5.97 Å². The molecule has 2 aliphatic rings. The van der Waals surface area contributed by atoms with E-state index in [0.717, 1.165) is 11.1 Å². The zero-order valence-electron chi connectivity index (χ0n) is 10.4. The summed E-state index contributed by atoms with van der Waals surface area (Å²) in [4.78, 5) is 11.2. The molecule has 0 aromatic carbocycles. The summed E-state index contributed by atoms with van der Waals surface area (Å²) in [6.07, 6.45) is 24.3. The van der Waals surface area contributed by atoms with Crippen LogP contribution in [0.5, 0.6) is 0 Å². The standard InChI is InChI=1S/C17H14O2/c18-17(19)16-13-12-14-10-8-6-4-2-1-3-5-7-9-11-15(14)16/h1-13H,(H,18,19)/b2-1?,3-1-,4-2-,5-3?,6-4?,7-5-,8-6-,9-7?,10-8?,11-9-,14-10?,15-11?. The molecule has 0 spiro atoms. The van der Waals surface area contributed by atoms with Crippen molar-refractivity contribution in [2.45, 2.75) is 0 Å². The van der Waals surface area contributed by atoms with Crippen molar-refractivity contribution in [2.24, 2.45) is 0 Å². The Bertz CT molecular complexity index is 603. The SMILES string of the molecule is O=C(O)C1=C2\C=C/C=C\C=C/C=C\C=C/C=C2C=C1. The molecule has 2 rings (SSSR count). The molecule has 0 saturated carbocycles. The summed E-state index contributed by atoms with van der Waals surface area (Å²) in [5.41, 5.74) is 1.96. The van der Waals surface area contributed by atoms with Gasteiger partial charge in [0.05, 0.1) is 5.57 Å². The summed E-state index contributed by atoms with van der Waals surface area (Å²) in [5, 5.41) is 9.16. The smallest absolute Gasteiger partial charge is 0.336 e. The first-order valence-corrected chi connectivity index (χ1v) is 6.00. The molecule has 94 valence electrons. The minimum atomic E-state index is -0.906. The molecular weight excluding hydrogens is 236 g/mol. The molecule has 1 N–H and O–H groups in total. The molecule has 0 heterocycles. The van der Waals surface area contributed by atoms with Gasteiger partial charge < -0.3 is 5.11 Å². The highest BCUT2D eigenvalue weighted by Gasteiger charge is 2.16. The average Bonchev–Trinajstić information content (AvgIpc) is 2.78. The molecule has 0 atom stereocenters. The van der Waals surface area contributed by atoms with Crippen LogP contribution in [0.2, 0.25) is 0 Å². The fourth-order valence-electron chi connectivity index (χ4n) is 1.79. The second-order valence-electron chi connectivity index (χ2n) is 3.99. The van der Waals surface area contributed by atoms with Crippen LogP contribution in [-0.4, -0.2) is 11.1 Å². The van der Waals surface area contributed by atoms with Crippen molar-refractivity contribution in [1.29, 1.82) is 0 Å². The van der Waals surface area contributed by atoms with Crippen LogP contribution in [0.1, 0.15) is 0 Å². The maximum atomic E-state index is 11.2. The van der Waals surface area contributed by atoms with E-state index in [4.69, 9.17) is 5.11 Å². The van der Waals surface area contributed by atoms with Gasteiger partial charge in [-0.25, -0.2) is 4.79 Å². The van der Waals surface area contributed by atoms with Crippen molar-refractivity contribution < 1.29 is 9.90 Å². The quantitative estimate of drug-likeness (QED) is 0.771. The van der Waals surface area contributed by atoms with E-state index >= 15 is 0 Å². The topological polar surface area (TPSA) is 37.3 Å². The third-order valence-electron chi connectivity index (χ3n) is 2.69. The Balaban J connectivity index is 2.43. The van der Waals surface area contributed by atoms with Crippen molar-refractivity contribution >= 4 is 5.97 Å². The van der Waals surface area contributed by atoms with Gasteiger partial charge in [-0.1, -0.05) is 72.9 Å². The molecule has 0 radical (unpaired) electrons. The number of carbonyl (C=O) groups is 1. The van der Waals surface area contributed by atoms with Gasteiger partial charge in [0.25, 0.3) is 0 Å². The number of hydrogen-bond acceptors (Lipinski definition) is 1. The lowest BCUT2D eigenvalue weighted by atomic mass is 10.1. The summed E-state index contributed by atoms with van der Waals surface area (Å²) in [6.45, 7) is 0. The Morgan fingerprint density at radius 3 is 1.95 bits per heavy atom. The molecule has 0 unspecified atom stereocenters. The Labute approximate surface area is 112 Å². The van der Waals surface area contributed by atoms with Crippen LogP contribution in [0.4, 0.5) is 0 Å². The first-order valence-electron chi connectivity index (χ1n) is 6.00. The van der Waals surface area contributed by atoms with Crippen LogP contribution in [0, 0.1) is 0 Å². The number of fused-ring (bicyclic) bond motifs is 1. The summed E-state index contributed by atoms with van der Waals surface area (Å²) in [6, 6.07) is 0. The first-order chi connectivity index (χ1) is 9.29. The Kier molecular flexibility index (Phi) is 4.29. The van der Waals surface area contributed by atoms with Gasteiger partial charge in [0.2, 0.25) is 0 Å². The second kappa shape index (κ2) is 6.36. The number of aliphatic carboxylic acids is 1. The zero-order valence-corrected chi connectivity index (χ0v) is 10.4. The first kappa shape index (κ1) is 12.8. The molecule has 2 aliphatic carbocycles. The number of hydrogen-bond donors (Lipinski definition) is 1. The number of carboxylic acid groups (broad SMARTS) is 1. The van der Waals surface area contributed by atoms with Gasteiger partial charge in [-0.2, -0.15) is 0 Å². The summed E-state index contributed by atoms with van der Waals surface area (Å²) >= 11 is 0.